The lowest BCUT2D eigenvalue weighted by Crippen LogP contribution is -2.40. The first kappa shape index (κ1) is 15.6. The van der Waals surface area contributed by atoms with Gasteiger partial charge in [0.15, 0.2) is 5.65 Å². The van der Waals surface area contributed by atoms with Crippen LogP contribution in [0.4, 0.5) is 4.79 Å². The number of nitrogens with zero attached hydrogens (tertiary/aromatic N) is 4. The number of hydrogen-bond acceptors (Lipinski definition) is 3. The van der Waals surface area contributed by atoms with Gasteiger partial charge in [0.05, 0.1) is 6.04 Å². The van der Waals surface area contributed by atoms with E-state index in [1.807, 2.05) is 51.9 Å². The molecule has 4 rings (SSSR count). The zero-order chi connectivity index (χ0) is 17.1. The topological polar surface area (TPSA) is 62.5 Å². The van der Waals surface area contributed by atoms with Crippen molar-refractivity contribution in [1.82, 2.24) is 24.8 Å². The van der Waals surface area contributed by atoms with Crippen LogP contribution in [0.15, 0.2) is 54.7 Å². The molecule has 1 fully saturated rings. The number of amides is 2. The highest BCUT2D eigenvalue weighted by molar-refractivity contribution is 5.75. The molecule has 1 aliphatic heterocycles. The van der Waals surface area contributed by atoms with Crippen LogP contribution in [0.25, 0.3) is 5.65 Å². The monoisotopic (exact) mass is 335 g/mol. The largest absolute Gasteiger partial charge is 0.338 e. The van der Waals surface area contributed by atoms with Crippen LogP contribution in [0.1, 0.15) is 30.3 Å². The SMILES string of the molecule is O=C(NCCc1nnc2ccccn12)N1CCC[C@@H]1c1ccccc1. The lowest BCUT2D eigenvalue weighted by atomic mass is 10.1. The van der Waals surface area contributed by atoms with Crippen LogP contribution in [0.3, 0.4) is 0 Å². The van der Waals surface area contributed by atoms with Gasteiger partial charge in [0.2, 0.25) is 0 Å². The van der Waals surface area contributed by atoms with Crippen molar-refractivity contribution < 1.29 is 4.79 Å². The van der Waals surface area contributed by atoms with E-state index in [2.05, 4.69) is 27.6 Å². The molecule has 0 aliphatic carbocycles. The molecule has 0 unspecified atom stereocenters. The number of carbonyl (C=O) groups is 1. The van der Waals surface area contributed by atoms with Gasteiger partial charge in [0.25, 0.3) is 0 Å². The van der Waals surface area contributed by atoms with Gasteiger partial charge < -0.3 is 10.2 Å². The van der Waals surface area contributed by atoms with Crippen molar-refractivity contribution in [3.8, 4) is 0 Å². The van der Waals surface area contributed by atoms with E-state index in [9.17, 15) is 4.79 Å². The molecule has 0 bridgehead atoms. The molecular weight excluding hydrogens is 314 g/mol. The molecule has 3 aromatic rings. The van der Waals surface area contributed by atoms with E-state index in [1.54, 1.807) is 0 Å². The van der Waals surface area contributed by atoms with Gasteiger partial charge in [0, 0.05) is 25.7 Å². The molecule has 3 heterocycles. The predicted octanol–water partition coefficient (Wildman–Crippen LogP) is 2.82. The average molecular weight is 335 g/mol. The van der Waals surface area contributed by atoms with Crippen LogP contribution < -0.4 is 5.32 Å². The highest BCUT2D eigenvalue weighted by atomic mass is 16.2. The molecular formula is C19H21N5O. The number of likely N-dealkylation sites (tertiary alicyclic amines) is 1. The van der Waals surface area contributed by atoms with Crippen molar-refractivity contribution in [3.05, 3.63) is 66.1 Å². The Labute approximate surface area is 146 Å². The number of hydrogen-bond donors (Lipinski definition) is 1. The van der Waals surface area contributed by atoms with E-state index in [1.165, 1.54) is 5.56 Å². The molecule has 1 aliphatic rings. The minimum absolute atomic E-state index is 0.000161. The maximum Gasteiger partial charge on any atom is 0.317 e. The van der Waals surface area contributed by atoms with E-state index in [4.69, 9.17) is 0 Å². The Morgan fingerprint density at radius 3 is 2.84 bits per heavy atom. The Hall–Kier alpha value is -2.89. The van der Waals surface area contributed by atoms with Crippen molar-refractivity contribution in [2.75, 3.05) is 13.1 Å². The summed E-state index contributed by atoms with van der Waals surface area (Å²) in [6.45, 7) is 1.35. The number of rotatable bonds is 4. The lowest BCUT2D eigenvalue weighted by Gasteiger charge is -2.25. The minimum Gasteiger partial charge on any atom is -0.338 e. The smallest absolute Gasteiger partial charge is 0.317 e. The van der Waals surface area contributed by atoms with Gasteiger partial charge in [-0.2, -0.15) is 0 Å². The Morgan fingerprint density at radius 1 is 1.12 bits per heavy atom. The number of carbonyl (C=O) groups excluding carboxylic acids is 1. The van der Waals surface area contributed by atoms with E-state index in [0.717, 1.165) is 30.9 Å². The summed E-state index contributed by atoms with van der Waals surface area (Å²) < 4.78 is 1.95. The third-order valence-electron chi connectivity index (χ3n) is 4.71. The molecule has 6 heteroatoms. The second-order valence-corrected chi connectivity index (χ2v) is 6.29. The third-order valence-corrected chi connectivity index (χ3v) is 4.71. The zero-order valence-electron chi connectivity index (χ0n) is 14.0. The maximum atomic E-state index is 12.6. The fourth-order valence-electron chi connectivity index (χ4n) is 3.48. The third kappa shape index (κ3) is 3.20. The minimum atomic E-state index is 0.000161. The van der Waals surface area contributed by atoms with E-state index >= 15 is 0 Å². The average Bonchev–Trinajstić information content (AvgIpc) is 3.30. The van der Waals surface area contributed by atoms with Gasteiger partial charge in [-0.25, -0.2) is 4.79 Å². The highest BCUT2D eigenvalue weighted by Gasteiger charge is 2.29. The van der Waals surface area contributed by atoms with Gasteiger partial charge in [-0.1, -0.05) is 36.4 Å². The number of pyridine rings is 1. The summed E-state index contributed by atoms with van der Waals surface area (Å²) in [4.78, 5) is 14.5. The number of urea groups is 1. The number of benzene rings is 1. The van der Waals surface area contributed by atoms with Crippen molar-refractivity contribution in [3.63, 3.8) is 0 Å². The first-order valence-corrected chi connectivity index (χ1v) is 8.71. The van der Waals surface area contributed by atoms with Gasteiger partial charge in [-0.3, -0.25) is 4.40 Å². The summed E-state index contributed by atoms with van der Waals surface area (Å²) in [7, 11) is 0. The fourth-order valence-corrected chi connectivity index (χ4v) is 3.48. The molecule has 2 amide bonds. The van der Waals surface area contributed by atoms with Crippen molar-refractivity contribution >= 4 is 11.7 Å². The van der Waals surface area contributed by atoms with Gasteiger partial charge in [-0.05, 0) is 30.5 Å². The number of nitrogens with one attached hydrogen (secondary N) is 1. The summed E-state index contributed by atoms with van der Waals surface area (Å²) in [6.07, 6.45) is 4.66. The first-order valence-electron chi connectivity index (χ1n) is 8.71. The fraction of sp³-hybridized carbons (Fsp3) is 0.316. The maximum absolute atomic E-state index is 12.6. The summed E-state index contributed by atoms with van der Waals surface area (Å²) in [6, 6.07) is 16.2. The second kappa shape index (κ2) is 6.93. The van der Waals surface area contributed by atoms with E-state index < -0.39 is 0 Å². The first-order chi connectivity index (χ1) is 12.3. The Balaban J connectivity index is 1.37. The van der Waals surface area contributed by atoms with Gasteiger partial charge in [0.1, 0.15) is 5.82 Å². The van der Waals surface area contributed by atoms with Crippen molar-refractivity contribution in [2.24, 2.45) is 0 Å². The Morgan fingerprint density at radius 2 is 1.96 bits per heavy atom. The molecule has 1 aromatic carbocycles. The van der Waals surface area contributed by atoms with Crippen LogP contribution in [0.2, 0.25) is 0 Å². The summed E-state index contributed by atoms with van der Waals surface area (Å²) in [5, 5.41) is 11.4. The normalized spacial score (nSPS) is 17.1. The number of aromatic nitrogens is 3. The van der Waals surface area contributed by atoms with Crippen molar-refractivity contribution in [1.29, 1.82) is 0 Å². The lowest BCUT2D eigenvalue weighted by molar-refractivity contribution is 0.193. The van der Waals surface area contributed by atoms with Crippen molar-refractivity contribution in [2.45, 2.75) is 25.3 Å². The summed E-state index contributed by atoms with van der Waals surface area (Å²) in [5.41, 5.74) is 2.03. The van der Waals surface area contributed by atoms with E-state index in [-0.39, 0.29) is 12.1 Å². The van der Waals surface area contributed by atoms with Crippen LogP contribution in [0.5, 0.6) is 0 Å². The Kier molecular flexibility index (Phi) is 4.33. The highest BCUT2D eigenvalue weighted by Crippen LogP contribution is 2.31. The number of fused-ring (bicyclic) bond motifs is 1. The standard InChI is InChI=1S/C19H21N5O/c25-19(23-14-6-9-16(23)15-7-2-1-3-8-15)20-12-11-18-22-21-17-10-4-5-13-24(17)18/h1-5,7-8,10,13,16H,6,9,11-12,14H2,(H,20,25)/t16-/m1/s1. The van der Waals surface area contributed by atoms with Gasteiger partial charge in [-0.15, -0.1) is 10.2 Å². The van der Waals surface area contributed by atoms with Crippen LogP contribution in [-0.2, 0) is 6.42 Å². The molecule has 0 radical (unpaired) electrons. The summed E-state index contributed by atoms with van der Waals surface area (Å²) >= 11 is 0. The molecule has 25 heavy (non-hydrogen) atoms. The molecule has 2 aromatic heterocycles. The molecule has 1 atom stereocenters. The molecule has 6 nitrogen and oxygen atoms in total. The molecule has 0 saturated carbocycles. The molecule has 1 N–H and O–H groups in total. The van der Waals surface area contributed by atoms with Gasteiger partial charge >= 0.3 is 6.03 Å². The van der Waals surface area contributed by atoms with Crippen LogP contribution in [0, 0.1) is 0 Å². The molecule has 1 saturated heterocycles. The molecule has 0 spiro atoms. The zero-order valence-corrected chi connectivity index (χ0v) is 14.0. The second-order valence-electron chi connectivity index (χ2n) is 6.29. The molecule has 128 valence electrons. The quantitative estimate of drug-likeness (QED) is 0.797. The Bertz CT molecular complexity index is 860. The van der Waals surface area contributed by atoms with Crippen LogP contribution >= 0.6 is 0 Å². The summed E-state index contributed by atoms with van der Waals surface area (Å²) in [5.74, 6) is 0.858. The van der Waals surface area contributed by atoms with Crippen LogP contribution in [-0.4, -0.2) is 38.6 Å². The predicted molar refractivity (Wildman–Crippen MR) is 95.2 cm³/mol. The van der Waals surface area contributed by atoms with E-state index in [0.29, 0.717) is 13.0 Å².